The molecular weight excluding hydrogens is 490 g/mol. The normalized spacial score (nSPS) is 13.9. The van der Waals surface area contributed by atoms with Gasteiger partial charge in [0, 0.05) is 17.1 Å². The molecule has 7 nitrogen and oxygen atoms in total. The number of aromatic amines is 1. The first kappa shape index (κ1) is 24.9. The number of halogens is 1. The number of hydrogen-bond donors (Lipinski definition) is 4. The number of benzene rings is 3. The molecule has 0 saturated heterocycles. The van der Waals surface area contributed by atoms with E-state index in [9.17, 15) is 14.7 Å². The van der Waals surface area contributed by atoms with Crippen molar-refractivity contribution in [3.05, 3.63) is 88.1 Å². The Hall–Kier alpha value is -3.81. The number of carbonyl (C=O) groups excluding carboxylic acids is 2. The van der Waals surface area contributed by atoms with Crippen LogP contribution >= 0.6 is 11.6 Å². The summed E-state index contributed by atoms with van der Waals surface area (Å²) in [6.07, 6.45) is 4.99. The van der Waals surface area contributed by atoms with E-state index in [0.29, 0.717) is 24.3 Å². The van der Waals surface area contributed by atoms with Crippen LogP contribution in [-0.4, -0.2) is 41.2 Å². The second-order valence-electron chi connectivity index (χ2n) is 9.29. The van der Waals surface area contributed by atoms with Gasteiger partial charge in [-0.3, -0.25) is 9.59 Å². The van der Waals surface area contributed by atoms with E-state index in [2.05, 4.69) is 10.3 Å². The molecule has 0 fully saturated rings. The maximum Gasteiger partial charge on any atom is 0.255 e. The second-order valence-corrected chi connectivity index (χ2v) is 9.70. The van der Waals surface area contributed by atoms with Crippen LogP contribution in [0.2, 0.25) is 5.02 Å². The van der Waals surface area contributed by atoms with Crippen LogP contribution in [0.15, 0.2) is 60.8 Å². The minimum absolute atomic E-state index is 0.210. The van der Waals surface area contributed by atoms with Gasteiger partial charge in [-0.15, -0.1) is 0 Å². The highest BCUT2D eigenvalue weighted by Crippen LogP contribution is 2.35. The van der Waals surface area contributed by atoms with Gasteiger partial charge in [0.05, 0.1) is 35.4 Å². The average molecular weight is 518 g/mol. The zero-order valence-corrected chi connectivity index (χ0v) is 21.0. The summed E-state index contributed by atoms with van der Waals surface area (Å²) in [6, 6.07) is 16.3. The first-order valence-corrected chi connectivity index (χ1v) is 12.7. The van der Waals surface area contributed by atoms with Crippen LogP contribution in [0.4, 0.5) is 0 Å². The van der Waals surface area contributed by atoms with E-state index >= 15 is 0 Å². The van der Waals surface area contributed by atoms with Crippen molar-refractivity contribution < 1.29 is 19.4 Å². The van der Waals surface area contributed by atoms with Gasteiger partial charge in [-0.05, 0) is 78.3 Å². The molecule has 2 heterocycles. The second kappa shape index (κ2) is 10.7. The van der Waals surface area contributed by atoms with Crippen LogP contribution in [0.3, 0.4) is 0 Å². The largest absolute Gasteiger partial charge is 0.492 e. The van der Waals surface area contributed by atoms with E-state index in [4.69, 9.17) is 22.1 Å². The summed E-state index contributed by atoms with van der Waals surface area (Å²) in [4.78, 5) is 28.4. The van der Waals surface area contributed by atoms with Gasteiger partial charge >= 0.3 is 0 Å². The molecule has 1 unspecified atom stereocenters. The molecule has 4 aromatic rings. The summed E-state index contributed by atoms with van der Waals surface area (Å²) in [5.74, 6) is -0.349. The zero-order valence-electron chi connectivity index (χ0n) is 20.2. The number of aryl methyl sites for hydroxylation is 1. The Morgan fingerprint density at radius 1 is 1.08 bits per heavy atom. The number of para-hydroxylation sites is 1. The number of fused-ring (bicyclic) bond motifs is 2. The standard InChI is InChI=1S/C29H28ClN3O4/c30-25-14-17(8-9-23(25)28(31)35)19-11-18-5-3-4-10-37-27(18)24(13-19)29(36)33-21(16-34)12-20-15-32-26-7-2-1-6-22(20)26/h1-2,6-9,11,13-15,21,32,34H,3-5,10,12,16H2,(H2,31,35)(H,33,36). The van der Waals surface area contributed by atoms with Crippen molar-refractivity contribution in [1.29, 1.82) is 0 Å². The molecule has 5 rings (SSSR count). The quantitative estimate of drug-likeness (QED) is 0.286. The van der Waals surface area contributed by atoms with Gasteiger partial charge in [-0.1, -0.05) is 35.9 Å². The molecule has 37 heavy (non-hydrogen) atoms. The van der Waals surface area contributed by atoms with Crippen LogP contribution < -0.4 is 15.8 Å². The Bertz CT molecular complexity index is 1480. The fraction of sp³-hybridized carbons (Fsp3) is 0.241. The number of nitrogens with two attached hydrogens (primary N) is 1. The van der Waals surface area contributed by atoms with Gasteiger partial charge in [0.25, 0.3) is 5.91 Å². The lowest BCUT2D eigenvalue weighted by atomic mass is 9.95. The molecule has 1 aliphatic heterocycles. The van der Waals surface area contributed by atoms with Crippen molar-refractivity contribution in [2.45, 2.75) is 31.7 Å². The summed E-state index contributed by atoms with van der Waals surface area (Å²) < 4.78 is 6.03. The van der Waals surface area contributed by atoms with Gasteiger partial charge in [0.15, 0.2) is 0 Å². The summed E-state index contributed by atoms with van der Waals surface area (Å²) in [7, 11) is 0. The fourth-order valence-electron chi connectivity index (χ4n) is 4.86. The lowest BCUT2D eigenvalue weighted by Crippen LogP contribution is -2.39. The Morgan fingerprint density at radius 3 is 2.70 bits per heavy atom. The predicted molar refractivity (Wildman–Crippen MR) is 144 cm³/mol. The maximum absolute atomic E-state index is 13.6. The molecule has 0 bridgehead atoms. The molecule has 5 N–H and O–H groups in total. The number of H-pyrrole nitrogens is 1. The van der Waals surface area contributed by atoms with Gasteiger partial charge in [-0.2, -0.15) is 0 Å². The molecule has 1 aromatic heterocycles. The van der Waals surface area contributed by atoms with Crippen LogP contribution in [0.25, 0.3) is 22.0 Å². The number of hydrogen-bond acceptors (Lipinski definition) is 4. The Balaban J connectivity index is 1.47. The van der Waals surface area contributed by atoms with Crippen molar-refractivity contribution in [2.24, 2.45) is 5.73 Å². The number of primary amides is 1. The molecule has 2 amide bonds. The molecular formula is C29H28ClN3O4. The van der Waals surface area contributed by atoms with E-state index in [0.717, 1.165) is 52.4 Å². The lowest BCUT2D eigenvalue weighted by Gasteiger charge is -2.20. The number of aliphatic hydroxyl groups excluding tert-OH is 1. The number of carbonyl (C=O) groups is 2. The first-order valence-electron chi connectivity index (χ1n) is 12.3. The Labute approximate surface area is 219 Å². The smallest absolute Gasteiger partial charge is 0.255 e. The van der Waals surface area contributed by atoms with Crippen molar-refractivity contribution in [1.82, 2.24) is 10.3 Å². The first-order chi connectivity index (χ1) is 17.9. The van der Waals surface area contributed by atoms with Crippen LogP contribution in [0.5, 0.6) is 5.75 Å². The summed E-state index contributed by atoms with van der Waals surface area (Å²) in [6.45, 7) is 0.322. The third kappa shape index (κ3) is 5.19. The highest BCUT2D eigenvalue weighted by Gasteiger charge is 2.23. The van der Waals surface area contributed by atoms with Gasteiger partial charge in [0.2, 0.25) is 5.91 Å². The van der Waals surface area contributed by atoms with Crippen molar-refractivity contribution in [3.8, 4) is 16.9 Å². The van der Waals surface area contributed by atoms with Gasteiger partial charge in [-0.25, -0.2) is 0 Å². The topological polar surface area (TPSA) is 117 Å². The third-order valence-corrected chi connectivity index (χ3v) is 7.07. The van der Waals surface area contributed by atoms with Crippen LogP contribution in [0.1, 0.15) is 44.7 Å². The van der Waals surface area contributed by atoms with E-state index in [1.807, 2.05) is 36.5 Å². The molecule has 0 aliphatic carbocycles. The highest BCUT2D eigenvalue weighted by atomic mass is 35.5. The fourth-order valence-corrected chi connectivity index (χ4v) is 5.13. The van der Waals surface area contributed by atoms with Gasteiger partial charge < -0.3 is 25.9 Å². The minimum atomic E-state index is -0.600. The number of rotatable bonds is 7. The predicted octanol–water partition coefficient (Wildman–Crippen LogP) is 4.64. The average Bonchev–Trinajstić information content (AvgIpc) is 3.14. The number of aromatic nitrogens is 1. The van der Waals surface area contributed by atoms with E-state index in [-0.39, 0.29) is 23.1 Å². The SMILES string of the molecule is NC(=O)c1ccc(-c2cc3c(c(C(=O)NC(CO)Cc4c[nH]c5ccccc45)c2)OCCCC3)cc1Cl. The van der Waals surface area contributed by atoms with Crippen molar-refractivity contribution >= 4 is 34.3 Å². The van der Waals surface area contributed by atoms with E-state index < -0.39 is 11.9 Å². The van der Waals surface area contributed by atoms with Gasteiger partial charge in [0.1, 0.15) is 5.75 Å². The van der Waals surface area contributed by atoms with E-state index in [1.165, 1.54) is 0 Å². The number of ether oxygens (including phenoxy) is 1. The molecule has 8 heteroatoms. The number of aliphatic hydroxyl groups is 1. The summed E-state index contributed by atoms with van der Waals surface area (Å²) >= 11 is 6.31. The zero-order chi connectivity index (χ0) is 25.9. The summed E-state index contributed by atoms with van der Waals surface area (Å²) in [5, 5.41) is 14.4. The Morgan fingerprint density at radius 2 is 1.92 bits per heavy atom. The molecule has 1 atom stereocenters. The number of nitrogens with one attached hydrogen (secondary N) is 2. The van der Waals surface area contributed by atoms with Crippen molar-refractivity contribution in [2.75, 3.05) is 13.2 Å². The molecule has 1 aliphatic rings. The molecule has 0 spiro atoms. The van der Waals surface area contributed by atoms with E-state index in [1.54, 1.807) is 24.3 Å². The van der Waals surface area contributed by atoms with Crippen LogP contribution in [0, 0.1) is 0 Å². The monoisotopic (exact) mass is 517 g/mol. The lowest BCUT2D eigenvalue weighted by molar-refractivity contribution is 0.0912. The highest BCUT2D eigenvalue weighted by molar-refractivity contribution is 6.34. The third-order valence-electron chi connectivity index (χ3n) is 6.76. The molecule has 0 radical (unpaired) electrons. The van der Waals surface area contributed by atoms with Crippen LogP contribution in [-0.2, 0) is 12.8 Å². The molecule has 0 saturated carbocycles. The van der Waals surface area contributed by atoms with Crippen molar-refractivity contribution in [3.63, 3.8) is 0 Å². The molecule has 3 aromatic carbocycles. The number of amides is 2. The molecule has 190 valence electrons. The Kier molecular flexibility index (Phi) is 7.17. The maximum atomic E-state index is 13.6. The minimum Gasteiger partial charge on any atom is -0.492 e. The summed E-state index contributed by atoms with van der Waals surface area (Å²) in [5.41, 5.74) is 10.5.